The Bertz CT molecular complexity index is 903. The summed E-state index contributed by atoms with van der Waals surface area (Å²) in [5.41, 5.74) is 1.59. The fraction of sp³-hybridized carbons (Fsp3) is 0.444. The Morgan fingerprint density at radius 2 is 1.85 bits per heavy atom. The predicted molar refractivity (Wildman–Crippen MR) is 100 cm³/mol. The van der Waals surface area contributed by atoms with Gasteiger partial charge in [-0.2, -0.15) is 5.10 Å². The minimum Gasteiger partial charge on any atom is -0.350 e. The number of carbonyl (C=O) groups is 1. The first-order valence-corrected chi connectivity index (χ1v) is 10.5. The molecule has 7 nitrogen and oxygen atoms in total. The fourth-order valence-corrected chi connectivity index (χ4v) is 4.56. The minimum atomic E-state index is -3.35. The molecule has 146 valence electrons. The molecule has 0 unspecified atom stereocenters. The maximum atomic E-state index is 13.1. The zero-order valence-corrected chi connectivity index (χ0v) is 16.0. The number of rotatable bonds is 6. The summed E-state index contributed by atoms with van der Waals surface area (Å²) >= 11 is 0. The molecule has 27 heavy (non-hydrogen) atoms. The van der Waals surface area contributed by atoms with E-state index in [4.69, 9.17) is 0 Å². The van der Waals surface area contributed by atoms with Gasteiger partial charge in [-0.15, -0.1) is 0 Å². The van der Waals surface area contributed by atoms with Crippen molar-refractivity contribution >= 4 is 15.9 Å². The van der Waals surface area contributed by atoms with Crippen molar-refractivity contribution in [1.82, 2.24) is 19.4 Å². The molecule has 1 aromatic carbocycles. The minimum absolute atomic E-state index is 0.0279. The van der Waals surface area contributed by atoms with E-state index in [1.165, 1.54) is 21.1 Å². The van der Waals surface area contributed by atoms with Crippen LogP contribution < -0.4 is 5.32 Å². The predicted octanol–water partition coefficient (Wildman–Crippen LogP) is 1.77. The van der Waals surface area contributed by atoms with Crippen LogP contribution in [-0.4, -0.2) is 53.8 Å². The first kappa shape index (κ1) is 19.5. The first-order valence-electron chi connectivity index (χ1n) is 8.93. The summed E-state index contributed by atoms with van der Waals surface area (Å²) in [5.74, 6) is -0.905. The molecule has 1 amide bonds. The molecule has 2 heterocycles. The highest BCUT2D eigenvalue weighted by Gasteiger charge is 2.24. The van der Waals surface area contributed by atoms with E-state index in [0.29, 0.717) is 18.8 Å². The number of nitrogens with zero attached hydrogens (tertiary/aromatic N) is 3. The quantitative estimate of drug-likeness (QED) is 0.809. The maximum Gasteiger partial charge on any atom is 0.271 e. The van der Waals surface area contributed by atoms with E-state index in [2.05, 4.69) is 10.4 Å². The van der Waals surface area contributed by atoms with Crippen molar-refractivity contribution in [2.75, 3.05) is 25.4 Å². The van der Waals surface area contributed by atoms with Gasteiger partial charge in [0.05, 0.1) is 11.4 Å². The zero-order valence-electron chi connectivity index (χ0n) is 15.2. The van der Waals surface area contributed by atoms with Crippen LogP contribution >= 0.6 is 0 Å². The van der Waals surface area contributed by atoms with Gasteiger partial charge in [-0.3, -0.25) is 9.48 Å². The van der Waals surface area contributed by atoms with Crippen LogP contribution in [0, 0.1) is 5.82 Å². The molecule has 0 aliphatic carbocycles. The number of benzene rings is 1. The van der Waals surface area contributed by atoms with Crippen LogP contribution in [0.15, 0.2) is 30.3 Å². The Morgan fingerprint density at radius 3 is 2.52 bits per heavy atom. The highest BCUT2D eigenvalue weighted by molar-refractivity contribution is 7.89. The molecule has 1 N–H and O–H groups in total. The zero-order chi connectivity index (χ0) is 19.4. The second-order valence-electron chi connectivity index (χ2n) is 6.58. The number of sulfonamides is 1. The summed E-state index contributed by atoms with van der Waals surface area (Å²) in [4.78, 5) is 12.3. The molecule has 1 aromatic heterocycles. The summed E-state index contributed by atoms with van der Waals surface area (Å²) in [6.45, 7) is 1.13. The molecular weight excluding hydrogens is 371 g/mol. The van der Waals surface area contributed by atoms with Crippen LogP contribution in [0.3, 0.4) is 0 Å². The van der Waals surface area contributed by atoms with E-state index in [1.807, 2.05) is 0 Å². The molecule has 1 saturated heterocycles. The molecular formula is C18H23FN4O3S. The number of aromatic nitrogens is 2. The van der Waals surface area contributed by atoms with Crippen molar-refractivity contribution in [2.24, 2.45) is 7.05 Å². The number of aryl methyl sites for hydroxylation is 1. The summed E-state index contributed by atoms with van der Waals surface area (Å²) in [5, 5.41) is 6.78. The molecule has 0 bridgehead atoms. The number of hydrogen-bond acceptors (Lipinski definition) is 4. The highest BCUT2D eigenvalue weighted by atomic mass is 32.2. The fourth-order valence-electron chi connectivity index (χ4n) is 3.13. The van der Waals surface area contributed by atoms with Crippen molar-refractivity contribution in [2.45, 2.75) is 19.3 Å². The van der Waals surface area contributed by atoms with Gasteiger partial charge in [0.25, 0.3) is 5.91 Å². The molecule has 1 aliphatic heterocycles. The molecule has 9 heteroatoms. The summed E-state index contributed by atoms with van der Waals surface area (Å²) in [7, 11) is -1.66. The van der Waals surface area contributed by atoms with Crippen molar-refractivity contribution in [3.05, 3.63) is 41.8 Å². The van der Waals surface area contributed by atoms with Gasteiger partial charge in [-0.25, -0.2) is 17.1 Å². The lowest BCUT2D eigenvalue weighted by atomic mass is 10.1. The van der Waals surface area contributed by atoms with Crippen molar-refractivity contribution in [3.8, 4) is 11.3 Å². The number of carbonyl (C=O) groups excluding carboxylic acids is 1. The monoisotopic (exact) mass is 394 g/mol. The normalized spacial score (nSPS) is 15.6. The van der Waals surface area contributed by atoms with Gasteiger partial charge in [0, 0.05) is 26.7 Å². The van der Waals surface area contributed by atoms with Gasteiger partial charge in [-0.1, -0.05) is 6.42 Å². The molecule has 0 saturated carbocycles. The molecule has 2 aromatic rings. The smallest absolute Gasteiger partial charge is 0.271 e. The Kier molecular flexibility index (Phi) is 5.91. The molecule has 0 radical (unpaired) electrons. The summed E-state index contributed by atoms with van der Waals surface area (Å²) in [6.07, 6.45) is 2.82. The van der Waals surface area contributed by atoms with Gasteiger partial charge < -0.3 is 5.32 Å². The van der Waals surface area contributed by atoms with Gasteiger partial charge in [0.1, 0.15) is 5.82 Å². The lowest BCUT2D eigenvalue weighted by Gasteiger charge is -2.25. The average Bonchev–Trinajstić information content (AvgIpc) is 3.05. The number of nitrogens with one attached hydrogen (secondary N) is 1. The second-order valence-corrected chi connectivity index (χ2v) is 8.67. The highest BCUT2D eigenvalue weighted by Crippen LogP contribution is 2.20. The van der Waals surface area contributed by atoms with Crippen molar-refractivity contribution in [3.63, 3.8) is 0 Å². The van der Waals surface area contributed by atoms with Crippen LogP contribution in [0.25, 0.3) is 11.3 Å². The van der Waals surface area contributed by atoms with E-state index in [-0.39, 0.29) is 23.8 Å². The number of halogens is 1. The first-order chi connectivity index (χ1) is 12.9. The topological polar surface area (TPSA) is 84.3 Å². The van der Waals surface area contributed by atoms with Crippen LogP contribution in [0.4, 0.5) is 4.39 Å². The van der Waals surface area contributed by atoms with Gasteiger partial charge >= 0.3 is 0 Å². The SMILES string of the molecule is Cn1nc(C(=O)NCCS(=O)(=O)N2CCCCC2)cc1-c1ccc(F)cc1. The van der Waals surface area contributed by atoms with Gasteiger partial charge in [0.2, 0.25) is 10.0 Å². The van der Waals surface area contributed by atoms with Crippen LogP contribution in [-0.2, 0) is 17.1 Å². The van der Waals surface area contributed by atoms with E-state index < -0.39 is 15.9 Å². The second kappa shape index (κ2) is 8.18. The Morgan fingerprint density at radius 1 is 1.19 bits per heavy atom. The van der Waals surface area contributed by atoms with E-state index in [0.717, 1.165) is 24.8 Å². The van der Waals surface area contributed by atoms with E-state index in [1.54, 1.807) is 25.2 Å². The third-order valence-corrected chi connectivity index (χ3v) is 6.48. The van der Waals surface area contributed by atoms with Crippen LogP contribution in [0.2, 0.25) is 0 Å². The number of amides is 1. The lowest BCUT2D eigenvalue weighted by Crippen LogP contribution is -2.40. The Balaban J connectivity index is 1.60. The van der Waals surface area contributed by atoms with E-state index >= 15 is 0 Å². The molecule has 1 fully saturated rings. The molecule has 0 atom stereocenters. The van der Waals surface area contributed by atoms with Crippen molar-refractivity contribution < 1.29 is 17.6 Å². The summed E-state index contributed by atoms with van der Waals surface area (Å²) in [6, 6.07) is 7.50. The Labute approximate surface area is 158 Å². The molecule has 3 rings (SSSR count). The standard InChI is InChI=1S/C18H23FN4O3S/c1-22-17(14-5-7-15(19)8-6-14)13-16(21-22)18(24)20-9-12-27(25,26)23-10-3-2-4-11-23/h5-8,13H,2-4,9-12H2,1H3,(H,20,24). The van der Waals surface area contributed by atoms with Crippen LogP contribution in [0.1, 0.15) is 29.8 Å². The maximum absolute atomic E-state index is 13.1. The van der Waals surface area contributed by atoms with Gasteiger partial charge in [-0.05, 0) is 48.7 Å². The molecule has 1 aliphatic rings. The van der Waals surface area contributed by atoms with E-state index in [9.17, 15) is 17.6 Å². The number of hydrogen-bond donors (Lipinski definition) is 1. The van der Waals surface area contributed by atoms with Crippen LogP contribution in [0.5, 0.6) is 0 Å². The molecule has 0 spiro atoms. The Hall–Kier alpha value is -2.26. The third kappa shape index (κ3) is 4.72. The average molecular weight is 394 g/mol. The summed E-state index contributed by atoms with van der Waals surface area (Å²) < 4.78 is 40.7. The third-order valence-electron chi connectivity index (χ3n) is 4.61. The number of piperidine rings is 1. The van der Waals surface area contributed by atoms with Crippen molar-refractivity contribution in [1.29, 1.82) is 0 Å². The van der Waals surface area contributed by atoms with Gasteiger partial charge in [0.15, 0.2) is 5.69 Å². The largest absolute Gasteiger partial charge is 0.350 e. The lowest BCUT2D eigenvalue weighted by molar-refractivity contribution is 0.0950.